The molecule has 0 spiro atoms. The summed E-state index contributed by atoms with van der Waals surface area (Å²) in [6.07, 6.45) is -0.872. The molecule has 0 aliphatic heterocycles. The zero-order chi connectivity index (χ0) is 13.8. The molecule has 4 N–H and O–H groups in total. The van der Waals surface area contributed by atoms with Crippen LogP contribution < -0.4 is 16.2 Å². The van der Waals surface area contributed by atoms with E-state index in [9.17, 15) is 9.59 Å². The molecule has 2 amide bonds. The van der Waals surface area contributed by atoms with Crippen LogP contribution in [0.4, 0.5) is 4.79 Å². The number of rotatable bonds is 3. The number of benzene rings is 2. The van der Waals surface area contributed by atoms with Gasteiger partial charge in [-0.15, -0.1) is 0 Å². The number of primary amides is 2. The van der Waals surface area contributed by atoms with Gasteiger partial charge >= 0.3 is 6.09 Å². The highest BCUT2D eigenvalue weighted by Gasteiger charge is 2.05. The summed E-state index contributed by atoms with van der Waals surface area (Å²) in [4.78, 5) is 21.8. The molecule has 0 aliphatic rings. The number of carbonyl (C=O) groups is 2. The van der Waals surface area contributed by atoms with E-state index in [1.807, 2.05) is 12.1 Å². The number of amides is 2. The molecule has 19 heavy (non-hydrogen) atoms. The molecule has 2 aromatic rings. The topological polar surface area (TPSA) is 95.4 Å². The predicted molar refractivity (Wildman–Crippen MR) is 70.6 cm³/mol. The standard InChI is InChI=1S/C14H12N2O3/c15-13(17)11-5-1-3-9(7-11)10-4-2-6-12(8-10)19-14(16)18/h1-8H,(H2,15,17)(H2,16,18). The Bertz CT molecular complexity index is 638. The van der Waals surface area contributed by atoms with E-state index in [1.165, 1.54) is 0 Å². The van der Waals surface area contributed by atoms with E-state index in [0.29, 0.717) is 11.3 Å². The van der Waals surface area contributed by atoms with Gasteiger partial charge in [-0.2, -0.15) is 0 Å². The van der Waals surface area contributed by atoms with Gasteiger partial charge in [0.25, 0.3) is 0 Å². The zero-order valence-electron chi connectivity index (χ0n) is 10.00. The van der Waals surface area contributed by atoms with Crippen LogP contribution in [0.1, 0.15) is 10.4 Å². The van der Waals surface area contributed by atoms with Gasteiger partial charge in [0.2, 0.25) is 5.91 Å². The van der Waals surface area contributed by atoms with Crippen molar-refractivity contribution in [3.8, 4) is 16.9 Å². The van der Waals surface area contributed by atoms with Crippen LogP contribution in [-0.4, -0.2) is 12.0 Å². The van der Waals surface area contributed by atoms with Crippen LogP contribution in [0.2, 0.25) is 0 Å². The lowest BCUT2D eigenvalue weighted by Gasteiger charge is -2.06. The molecule has 2 aromatic carbocycles. The van der Waals surface area contributed by atoms with E-state index in [0.717, 1.165) is 11.1 Å². The SMILES string of the molecule is NC(=O)Oc1cccc(-c2cccc(C(N)=O)c2)c1. The Labute approximate surface area is 109 Å². The van der Waals surface area contributed by atoms with Crippen molar-refractivity contribution >= 4 is 12.0 Å². The second-order valence-electron chi connectivity index (χ2n) is 3.89. The molecular weight excluding hydrogens is 244 g/mol. The van der Waals surface area contributed by atoms with Crippen molar-refractivity contribution in [3.05, 3.63) is 54.1 Å². The van der Waals surface area contributed by atoms with Crippen molar-refractivity contribution in [1.29, 1.82) is 0 Å². The fraction of sp³-hybridized carbons (Fsp3) is 0. The van der Waals surface area contributed by atoms with E-state index in [-0.39, 0.29) is 0 Å². The average molecular weight is 256 g/mol. The number of hydrogen-bond donors (Lipinski definition) is 2. The lowest BCUT2D eigenvalue weighted by molar-refractivity contribution is 0.100. The fourth-order valence-electron chi connectivity index (χ4n) is 1.71. The van der Waals surface area contributed by atoms with Crippen LogP contribution in [0, 0.1) is 0 Å². The Morgan fingerprint density at radius 3 is 2.16 bits per heavy atom. The minimum Gasteiger partial charge on any atom is -0.410 e. The van der Waals surface area contributed by atoms with Crippen LogP contribution in [0.15, 0.2) is 48.5 Å². The van der Waals surface area contributed by atoms with E-state index in [4.69, 9.17) is 16.2 Å². The smallest absolute Gasteiger partial charge is 0.409 e. The van der Waals surface area contributed by atoms with Gasteiger partial charge in [0, 0.05) is 5.56 Å². The van der Waals surface area contributed by atoms with E-state index in [1.54, 1.807) is 36.4 Å². The molecule has 2 rings (SSSR count). The molecule has 5 heteroatoms. The van der Waals surface area contributed by atoms with Gasteiger partial charge in [-0.25, -0.2) is 4.79 Å². The highest BCUT2D eigenvalue weighted by Crippen LogP contribution is 2.24. The van der Waals surface area contributed by atoms with Gasteiger partial charge in [0.15, 0.2) is 0 Å². The highest BCUT2D eigenvalue weighted by atomic mass is 16.5. The lowest BCUT2D eigenvalue weighted by atomic mass is 10.0. The zero-order valence-corrected chi connectivity index (χ0v) is 10.00. The number of carbonyl (C=O) groups excluding carboxylic acids is 2. The average Bonchev–Trinajstić information content (AvgIpc) is 2.38. The van der Waals surface area contributed by atoms with Gasteiger partial charge in [0.05, 0.1) is 0 Å². The summed E-state index contributed by atoms with van der Waals surface area (Å²) in [5.74, 6) is -0.152. The minimum atomic E-state index is -0.872. The molecule has 0 fully saturated rings. The quantitative estimate of drug-likeness (QED) is 0.877. The Hall–Kier alpha value is -2.82. The summed E-state index contributed by atoms with van der Waals surface area (Å²) in [5, 5.41) is 0. The molecule has 0 saturated heterocycles. The second-order valence-corrected chi connectivity index (χ2v) is 3.89. The van der Waals surface area contributed by atoms with Crippen molar-refractivity contribution in [2.75, 3.05) is 0 Å². The molecular formula is C14H12N2O3. The Morgan fingerprint density at radius 2 is 1.53 bits per heavy atom. The third-order valence-electron chi connectivity index (χ3n) is 2.53. The van der Waals surface area contributed by atoms with Crippen molar-refractivity contribution in [2.45, 2.75) is 0 Å². The molecule has 0 aliphatic carbocycles. The molecule has 0 aromatic heterocycles. The Kier molecular flexibility index (Phi) is 3.47. The van der Waals surface area contributed by atoms with Crippen LogP contribution in [-0.2, 0) is 0 Å². The third-order valence-corrected chi connectivity index (χ3v) is 2.53. The minimum absolute atomic E-state index is 0.342. The summed E-state index contributed by atoms with van der Waals surface area (Å²) < 4.78 is 4.80. The maximum atomic E-state index is 11.1. The Balaban J connectivity index is 2.38. The van der Waals surface area contributed by atoms with E-state index >= 15 is 0 Å². The monoisotopic (exact) mass is 256 g/mol. The van der Waals surface area contributed by atoms with Crippen molar-refractivity contribution < 1.29 is 14.3 Å². The first kappa shape index (κ1) is 12.6. The molecule has 96 valence electrons. The number of nitrogens with two attached hydrogens (primary N) is 2. The van der Waals surface area contributed by atoms with Gasteiger partial charge in [0.1, 0.15) is 5.75 Å². The molecule has 0 unspecified atom stereocenters. The largest absolute Gasteiger partial charge is 0.410 e. The maximum absolute atomic E-state index is 11.1. The summed E-state index contributed by atoms with van der Waals surface area (Å²) in [6, 6.07) is 13.7. The van der Waals surface area contributed by atoms with Crippen LogP contribution >= 0.6 is 0 Å². The van der Waals surface area contributed by atoms with Gasteiger partial charge < -0.3 is 16.2 Å². The highest BCUT2D eigenvalue weighted by molar-refractivity contribution is 5.94. The van der Waals surface area contributed by atoms with Crippen molar-refractivity contribution in [1.82, 2.24) is 0 Å². The molecule has 0 heterocycles. The lowest BCUT2D eigenvalue weighted by Crippen LogP contribution is -2.16. The van der Waals surface area contributed by atoms with Crippen molar-refractivity contribution in [3.63, 3.8) is 0 Å². The van der Waals surface area contributed by atoms with Gasteiger partial charge in [-0.1, -0.05) is 24.3 Å². The first-order valence-corrected chi connectivity index (χ1v) is 5.54. The Morgan fingerprint density at radius 1 is 0.895 bits per heavy atom. The van der Waals surface area contributed by atoms with Crippen LogP contribution in [0.3, 0.4) is 0 Å². The fourth-order valence-corrected chi connectivity index (χ4v) is 1.71. The molecule has 5 nitrogen and oxygen atoms in total. The van der Waals surface area contributed by atoms with Crippen molar-refractivity contribution in [2.24, 2.45) is 11.5 Å². The normalized spacial score (nSPS) is 9.89. The van der Waals surface area contributed by atoms with Gasteiger partial charge in [-0.05, 0) is 35.4 Å². The third kappa shape index (κ3) is 3.10. The predicted octanol–water partition coefficient (Wildman–Crippen LogP) is 1.91. The molecule has 0 bridgehead atoms. The second kappa shape index (κ2) is 5.22. The summed E-state index contributed by atoms with van der Waals surface area (Å²) in [6.45, 7) is 0. The van der Waals surface area contributed by atoms with Crippen LogP contribution in [0.25, 0.3) is 11.1 Å². The number of hydrogen-bond acceptors (Lipinski definition) is 3. The molecule has 0 atom stereocenters. The summed E-state index contributed by atoms with van der Waals surface area (Å²) in [5.41, 5.74) is 12.2. The van der Waals surface area contributed by atoms with Gasteiger partial charge in [-0.3, -0.25) is 4.79 Å². The maximum Gasteiger partial charge on any atom is 0.409 e. The molecule has 0 saturated carbocycles. The van der Waals surface area contributed by atoms with E-state index < -0.39 is 12.0 Å². The first-order valence-electron chi connectivity index (χ1n) is 5.54. The number of ether oxygens (including phenoxy) is 1. The molecule has 0 radical (unpaired) electrons. The first-order chi connectivity index (χ1) is 9.06. The van der Waals surface area contributed by atoms with E-state index in [2.05, 4.69) is 0 Å². The summed E-state index contributed by atoms with van der Waals surface area (Å²) >= 11 is 0. The summed E-state index contributed by atoms with van der Waals surface area (Å²) in [7, 11) is 0. The van der Waals surface area contributed by atoms with Crippen LogP contribution in [0.5, 0.6) is 5.75 Å².